The number of rotatable bonds is 7. The molecule has 1 aromatic carbocycles. The Labute approximate surface area is 170 Å². The maximum atomic E-state index is 12.7. The quantitative estimate of drug-likeness (QED) is 0.557. The minimum atomic E-state index is -0.298. The first-order chi connectivity index (χ1) is 13.5. The molecule has 7 nitrogen and oxygen atoms in total. The summed E-state index contributed by atoms with van der Waals surface area (Å²) >= 11 is 3.41. The predicted octanol–water partition coefficient (Wildman–Crippen LogP) is 3.18. The minimum absolute atomic E-state index is 0.192. The lowest BCUT2D eigenvalue weighted by molar-refractivity contribution is 0.0766. The molecule has 1 amide bonds. The molecule has 0 bridgehead atoms. The van der Waals surface area contributed by atoms with Crippen LogP contribution in [0, 0.1) is 0 Å². The number of furan rings is 1. The number of hydrogen-bond donors (Lipinski definition) is 0. The number of ether oxygens (including phenoxy) is 1. The molecule has 0 fully saturated rings. The van der Waals surface area contributed by atoms with E-state index in [2.05, 4.69) is 21.0 Å². The van der Waals surface area contributed by atoms with E-state index in [1.165, 1.54) is 21.7 Å². The van der Waals surface area contributed by atoms with Crippen molar-refractivity contribution < 1.29 is 13.9 Å². The van der Waals surface area contributed by atoms with Crippen LogP contribution in [0.3, 0.4) is 0 Å². The third-order valence-corrected chi connectivity index (χ3v) is 4.65. The molecular weight excluding hydrogens is 426 g/mol. The number of hydrogen-bond acceptors (Lipinski definition) is 5. The summed E-state index contributed by atoms with van der Waals surface area (Å²) in [4.78, 5) is 26.0. The third-order valence-electron chi connectivity index (χ3n) is 4.12. The third kappa shape index (κ3) is 4.76. The van der Waals surface area contributed by atoms with Gasteiger partial charge in [0.1, 0.15) is 17.2 Å². The average molecular weight is 446 g/mol. The van der Waals surface area contributed by atoms with Crippen molar-refractivity contribution in [3.05, 3.63) is 74.8 Å². The molecule has 3 aromatic rings. The van der Waals surface area contributed by atoms with Gasteiger partial charge in [-0.15, -0.1) is 0 Å². The van der Waals surface area contributed by atoms with Gasteiger partial charge in [0.25, 0.3) is 11.5 Å². The molecule has 8 heteroatoms. The van der Waals surface area contributed by atoms with Crippen LogP contribution in [0.15, 0.2) is 62.2 Å². The number of carbonyl (C=O) groups is 1. The molecule has 0 N–H and O–H groups in total. The molecule has 0 unspecified atom stereocenters. The highest BCUT2D eigenvalue weighted by molar-refractivity contribution is 9.10. The Kier molecular flexibility index (Phi) is 6.43. The first-order valence-corrected chi connectivity index (χ1v) is 9.44. The molecule has 0 atom stereocenters. The van der Waals surface area contributed by atoms with E-state index < -0.39 is 0 Å². The van der Waals surface area contributed by atoms with E-state index in [9.17, 15) is 9.59 Å². The standard InChI is InChI=1S/C20H20BrN3O4/c1-23(20(26)17-8-10-19(25)24(22-17)11-12-27-2)13-16-7-9-18(28-16)14-3-5-15(21)6-4-14/h3-10H,11-13H2,1-2H3. The zero-order valence-electron chi connectivity index (χ0n) is 15.6. The monoisotopic (exact) mass is 445 g/mol. The second-order valence-electron chi connectivity index (χ2n) is 6.21. The molecule has 0 aliphatic carbocycles. The summed E-state index contributed by atoms with van der Waals surface area (Å²) in [5.74, 6) is 1.09. The Bertz CT molecular complexity index is 1010. The molecule has 146 valence electrons. The van der Waals surface area contributed by atoms with Crippen LogP contribution < -0.4 is 5.56 Å². The molecule has 28 heavy (non-hydrogen) atoms. The van der Waals surface area contributed by atoms with Gasteiger partial charge in [0, 0.05) is 30.3 Å². The van der Waals surface area contributed by atoms with E-state index in [0.717, 1.165) is 15.8 Å². The summed E-state index contributed by atoms with van der Waals surface area (Å²) in [6.07, 6.45) is 0. The summed E-state index contributed by atoms with van der Waals surface area (Å²) < 4.78 is 13.0. The van der Waals surface area contributed by atoms with Gasteiger partial charge < -0.3 is 14.1 Å². The predicted molar refractivity (Wildman–Crippen MR) is 108 cm³/mol. The van der Waals surface area contributed by atoms with Gasteiger partial charge in [0.2, 0.25) is 0 Å². The average Bonchev–Trinajstić information content (AvgIpc) is 3.15. The van der Waals surface area contributed by atoms with Crippen LogP contribution in [0.5, 0.6) is 0 Å². The van der Waals surface area contributed by atoms with E-state index in [1.54, 1.807) is 14.2 Å². The maximum Gasteiger partial charge on any atom is 0.274 e. The van der Waals surface area contributed by atoms with Crippen molar-refractivity contribution in [3.63, 3.8) is 0 Å². The number of aromatic nitrogens is 2. The fourth-order valence-electron chi connectivity index (χ4n) is 2.63. The van der Waals surface area contributed by atoms with Gasteiger partial charge >= 0.3 is 0 Å². The van der Waals surface area contributed by atoms with Gasteiger partial charge in [-0.25, -0.2) is 4.68 Å². The normalized spacial score (nSPS) is 10.8. The highest BCUT2D eigenvalue weighted by Gasteiger charge is 2.17. The topological polar surface area (TPSA) is 77.6 Å². The highest BCUT2D eigenvalue weighted by Crippen LogP contribution is 2.24. The highest BCUT2D eigenvalue weighted by atomic mass is 79.9. The Morgan fingerprint density at radius 3 is 2.64 bits per heavy atom. The fraction of sp³-hybridized carbons (Fsp3) is 0.250. The lowest BCUT2D eigenvalue weighted by Crippen LogP contribution is -2.31. The van der Waals surface area contributed by atoms with Gasteiger partial charge in [-0.05, 0) is 30.3 Å². The van der Waals surface area contributed by atoms with E-state index in [-0.39, 0.29) is 30.2 Å². The molecule has 3 rings (SSSR count). The van der Waals surface area contributed by atoms with Crippen LogP contribution in [-0.2, 0) is 17.8 Å². The minimum Gasteiger partial charge on any atom is -0.459 e. The van der Waals surface area contributed by atoms with Gasteiger partial charge in [0.15, 0.2) is 0 Å². The van der Waals surface area contributed by atoms with Crippen LogP contribution in [0.1, 0.15) is 16.2 Å². The van der Waals surface area contributed by atoms with Crippen molar-refractivity contribution >= 4 is 21.8 Å². The Hall–Kier alpha value is -2.71. The lowest BCUT2D eigenvalue weighted by atomic mass is 10.2. The number of amides is 1. The van der Waals surface area contributed by atoms with Crippen molar-refractivity contribution in [2.24, 2.45) is 0 Å². The Morgan fingerprint density at radius 1 is 1.18 bits per heavy atom. The number of methoxy groups -OCH3 is 1. The smallest absolute Gasteiger partial charge is 0.274 e. The lowest BCUT2D eigenvalue weighted by Gasteiger charge is -2.15. The second kappa shape index (κ2) is 8.99. The van der Waals surface area contributed by atoms with Gasteiger partial charge in [0.05, 0.1) is 19.7 Å². The Balaban J connectivity index is 1.71. The van der Waals surface area contributed by atoms with E-state index >= 15 is 0 Å². The van der Waals surface area contributed by atoms with Crippen molar-refractivity contribution in [2.75, 3.05) is 20.8 Å². The molecule has 0 saturated carbocycles. The number of nitrogens with zero attached hydrogens (tertiary/aromatic N) is 3. The number of carbonyl (C=O) groups excluding carboxylic acids is 1. The van der Waals surface area contributed by atoms with Crippen LogP contribution in [0.2, 0.25) is 0 Å². The summed E-state index contributed by atoms with van der Waals surface area (Å²) in [5.41, 5.74) is 0.870. The molecule has 0 aliphatic rings. The van der Waals surface area contributed by atoms with E-state index in [4.69, 9.17) is 9.15 Å². The molecule has 0 spiro atoms. The largest absolute Gasteiger partial charge is 0.459 e. The van der Waals surface area contributed by atoms with Crippen molar-refractivity contribution in [3.8, 4) is 11.3 Å². The second-order valence-corrected chi connectivity index (χ2v) is 7.12. The molecule has 0 radical (unpaired) electrons. The zero-order valence-corrected chi connectivity index (χ0v) is 17.2. The molecule has 0 saturated heterocycles. The number of halogens is 1. The van der Waals surface area contributed by atoms with Crippen molar-refractivity contribution in [1.82, 2.24) is 14.7 Å². The molecular formula is C20H20BrN3O4. The van der Waals surface area contributed by atoms with E-state index in [0.29, 0.717) is 12.4 Å². The first-order valence-electron chi connectivity index (χ1n) is 8.65. The van der Waals surface area contributed by atoms with Gasteiger partial charge in [-0.2, -0.15) is 5.10 Å². The van der Waals surface area contributed by atoms with Crippen LogP contribution in [-0.4, -0.2) is 41.4 Å². The first kappa shape index (κ1) is 20.0. The summed E-state index contributed by atoms with van der Waals surface area (Å²) in [7, 11) is 3.20. The molecule has 2 heterocycles. The maximum absolute atomic E-state index is 12.7. The number of benzene rings is 1. The van der Waals surface area contributed by atoms with Gasteiger partial charge in [-0.1, -0.05) is 28.1 Å². The Morgan fingerprint density at radius 2 is 1.93 bits per heavy atom. The van der Waals surface area contributed by atoms with Gasteiger partial charge in [-0.3, -0.25) is 9.59 Å². The van der Waals surface area contributed by atoms with Crippen LogP contribution >= 0.6 is 15.9 Å². The van der Waals surface area contributed by atoms with E-state index in [1.807, 2.05) is 36.4 Å². The van der Waals surface area contributed by atoms with Crippen LogP contribution in [0.4, 0.5) is 0 Å². The van der Waals surface area contributed by atoms with Crippen molar-refractivity contribution in [2.45, 2.75) is 13.1 Å². The van der Waals surface area contributed by atoms with Crippen molar-refractivity contribution in [1.29, 1.82) is 0 Å². The summed E-state index contributed by atoms with van der Waals surface area (Å²) in [6.45, 7) is 0.911. The summed E-state index contributed by atoms with van der Waals surface area (Å²) in [6, 6.07) is 14.3. The molecule has 2 aromatic heterocycles. The molecule has 0 aliphatic heterocycles. The summed E-state index contributed by atoms with van der Waals surface area (Å²) in [5, 5.41) is 4.13. The SMILES string of the molecule is COCCn1nc(C(=O)N(C)Cc2ccc(-c3ccc(Br)cc3)o2)ccc1=O. The van der Waals surface area contributed by atoms with Crippen LogP contribution in [0.25, 0.3) is 11.3 Å². The zero-order chi connectivity index (χ0) is 20.1. The fourth-order valence-corrected chi connectivity index (χ4v) is 2.90.